The van der Waals surface area contributed by atoms with E-state index in [1.165, 1.54) is 17.0 Å². The van der Waals surface area contributed by atoms with Gasteiger partial charge in [0.05, 0.1) is 0 Å². The van der Waals surface area contributed by atoms with Gasteiger partial charge in [0.2, 0.25) is 0 Å². The first-order valence-corrected chi connectivity index (χ1v) is 7.21. The molecule has 0 fully saturated rings. The monoisotopic (exact) mass is 282 g/mol. The zero-order valence-electron chi connectivity index (χ0n) is 12.1. The number of aromatic amines is 1. The second kappa shape index (κ2) is 5.70. The number of nitrogens with one attached hydrogen (secondary N) is 1. The molecular formula is C18H19FN2. The largest absolute Gasteiger partial charge is 0.358 e. The summed E-state index contributed by atoms with van der Waals surface area (Å²) >= 11 is 0. The van der Waals surface area contributed by atoms with Gasteiger partial charge in [-0.3, -0.25) is 0 Å². The number of hydrogen-bond donors (Lipinski definition) is 2. The first-order chi connectivity index (χ1) is 10.2. The Kier molecular flexibility index (Phi) is 3.76. The van der Waals surface area contributed by atoms with Crippen LogP contribution in [0.15, 0.2) is 48.5 Å². The Morgan fingerprint density at radius 3 is 2.57 bits per heavy atom. The fourth-order valence-corrected chi connectivity index (χ4v) is 2.97. The maximum absolute atomic E-state index is 14.0. The maximum atomic E-state index is 14.0. The second-order valence-electron chi connectivity index (χ2n) is 5.43. The average Bonchev–Trinajstić information content (AvgIpc) is 2.81. The average molecular weight is 282 g/mol. The number of rotatable bonds is 4. The van der Waals surface area contributed by atoms with E-state index in [4.69, 9.17) is 5.73 Å². The molecule has 1 unspecified atom stereocenters. The highest BCUT2D eigenvalue weighted by atomic mass is 19.1. The van der Waals surface area contributed by atoms with Crippen LogP contribution >= 0.6 is 0 Å². The van der Waals surface area contributed by atoms with Gasteiger partial charge in [-0.05, 0) is 43.1 Å². The van der Waals surface area contributed by atoms with Crippen LogP contribution in [-0.2, 0) is 6.42 Å². The zero-order valence-corrected chi connectivity index (χ0v) is 12.1. The summed E-state index contributed by atoms with van der Waals surface area (Å²) in [5.74, 6) is -0.186. The molecule has 21 heavy (non-hydrogen) atoms. The van der Waals surface area contributed by atoms with Gasteiger partial charge < -0.3 is 10.7 Å². The molecule has 0 bridgehead atoms. The number of para-hydroxylation sites is 1. The molecule has 0 aliphatic carbocycles. The minimum atomic E-state index is -0.176. The first-order valence-electron chi connectivity index (χ1n) is 7.21. The molecule has 3 rings (SSSR count). The third-order valence-corrected chi connectivity index (χ3v) is 4.11. The van der Waals surface area contributed by atoms with Crippen molar-refractivity contribution in [3.8, 4) is 0 Å². The van der Waals surface area contributed by atoms with Crippen LogP contribution in [0.25, 0.3) is 10.9 Å². The van der Waals surface area contributed by atoms with Crippen molar-refractivity contribution in [3.63, 3.8) is 0 Å². The van der Waals surface area contributed by atoms with Crippen LogP contribution < -0.4 is 5.73 Å². The highest BCUT2D eigenvalue weighted by molar-refractivity contribution is 5.84. The Morgan fingerprint density at radius 2 is 1.81 bits per heavy atom. The first kappa shape index (κ1) is 13.8. The molecule has 0 radical (unpaired) electrons. The molecule has 3 N–H and O–H groups in total. The molecule has 0 amide bonds. The lowest BCUT2D eigenvalue weighted by atomic mass is 9.90. The molecular weight excluding hydrogens is 263 g/mol. The summed E-state index contributed by atoms with van der Waals surface area (Å²) in [4.78, 5) is 3.39. The van der Waals surface area contributed by atoms with E-state index < -0.39 is 0 Å². The smallest absolute Gasteiger partial charge is 0.126 e. The molecule has 108 valence electrons. The number of hydrogen-bond acceptors (Lipinski definition) is 1. The molecule has 2 nitrogen and oxygen atoms in total. The van der Waals surface area contributed by atoms with Gasteiger partial charge in [0.1, 0.15) is 5.82 Å². The Morgan fingerprint density at radius 1 is 1.10 bits per heavy atom. The Hall–Kier alpha value is -2.13. The van der Waals surface area contributed by atoms with E-state index >= 15 is 0 Å². The van der Waals surface area contributed by atoms with Crippen molar-refractivity contribution in [3.05, 3.63) is 71.2 Å². The molecule has 3 aromatic rings. The molecule has 1 atom stereocenters. The van der Waals surface area contributed by atoms with Gasteiger partial charge in [-0.2, -0.15) is 0 Å². The number of aryl methyl sites for hydroxylation is 1. The highest BCUT2D eigenvalue weighted by Gasteiger charge is 2.18. The van der Waals surface area contributed by atoms with Gasteiger partial charge >= 0.3 is 0 Å². The van der Waals surface area contributed by atoms with Crippen LogP contribution in [0.3, 0.4) is 0 Å². The molecule has 0 aliphatic rings. The zero-order chi connectivity index (χ0) is 14.8. The van der Waals surface area contributed by atoms with Crippen molar-refractivity contribution in [1.29, 1.82) is 0 Å². The SMILES string of the molecule is Cc1[nH]c2ccccc2c1CC(CN)c1ccccc1F. The summed E-state index contributed by atoms with van der Waals surface area (Å²) < 4.78 is 14.0. The number of benzene rings is 2. The summed E-state index contributed by atoms with van der Waals surface area (Å²) in [7, 11) is 0. The molecule has 0 saturated heterocycles. The minimum absolute atomic E-state index is 0.0101. The lowest BCUT2D eigenvalue weighted by Crippen LogP contribution is -2.16. The number of nitrogens with two attached hydrogens (primary N) is 1. The minimum Gasteiger partial charge on any atom is -0.358 e. The van der Waals surface area contributed by atoms with Gasteiger partial charge in [0, 0.05) is 22.5 Å². The Labute approximate surface area is 123 Å². The number of fused-ring (bicyclic) bond motifs is 1. The van der Waals surface area contributed by atoms with Crippen LogP contribution in [-0.4, -0.2) is 11.5 Å². The van der Waals surface area contributed by atoms with Crippen molar-refractivity contribution >= 4 is 10.9 Å². The van der Waals surface area contributed by atoms with E-state index in [2.05, 4.69) is 24.0 Å². The van der Waals surface area contributed by atoms with E-state index in [9.17, 15) is 4.39 Å². The van der Waals surface area contributed by atoms with Crippen molar-refractivity contribution < 1.29 is 4.39 Å². The quantitative estimate of drug-likeness (QED) is 0.748. The van der Waals surface area contributed by atoms with E-state index in [-0.39, 0.29) is 11.7 Å². The topological polar surface area (TPSA) is 41.8 Å². The highest BCUT2D eigenvalue weighted by Crippen LogP contribution is 2.29. The molecule has 1 heterocycles. The van der Waals surface area contributed by atoms with Crippen molar-refractivity contribution in [2.45, 2.75) is 19.3 Å². The third-order valence-electron chi connectivity index (χ3n) is 4.11. The number of halogens is 1. The summed E-state index contributed by atoms with van der Waals surface area (Å²) in [6.07, 6.45) is 0.743. The molecule has 1 aromatic heterocycles. The lowest BCUT2D eigenvalue weighted by molar-refractivity contribution is 0.576. The van der Waals surface area contributed by atoms with Gasteiger partial charge in [0.25, 0.3) is 0 Å². The van der Waals surface area contributed by atoms with Gasteiger partial charge in [0.15, 0.2) is 0 Å². The van der Waals surface area contributed by atoms with Gasteiger partial charge in [-0.25, -0.2) is 4.39 Å². The molecule has 0 saturated carbocycles. The summed E-state index contributed by atoms with van der Waals surface area (Å²) in [6, 6.07) is 15.1. The predicted octanol–water partition coefficient (Wildman–Crippen LogP) is 3.90. The predicted molar refractivity (Wildman–Crippen MR) is 84.9 cm³/mol. The maximum Gasteiger partial charge on any atom is 0.126 e. The van der Waals surface area contributed by atoms with Crippen molar-refractivity contribution in [1.82, 2.24) is 4.98 Å². The van der Waals surface area contributed by atoms with Gasteiger partial charge in [-0.15, -0.1) is 0 Å². The number of aromatic nitrogens is 1. The second-order valence-corrected chi connectivity index (χ2v) is 5.43. The van der Waals surface area contributed by atoms with Gasteiger partial charge in [-0.1, -0.05) is 36.4 Å². The summed E-state index contributed by atoms with van der Waals surface area (Å²) in [5.41, 5.74) is 10.1. The fourth-order valence-electron chi connectivity index (χ4n) is 2.97. The van der Waals surface area contributed by atoms with Crippen LogP contribution in [0.2, 0.25) is 0 Å². The fraction of sp³-hybridized carbons (Fsp3) is 0.222. The van der Waals surface area contributed by atoms with Crippen LogP contribution in [0, 0.1) is 12.7 Å². The Bertz CT molecular complexity index is 761. The van der Waals surface area contributed by atoms with Crippen LogP contribution in [0.1, 0.15) is 22.7 Å². The molecule has 2 aromatic carbocycles. The van der Waals surface area contributed by atoms with E-state index in [1.54, 1.807) is 6.07 Å². The summed E-state index contributed by atoms with van der Waals surface area (Å²) in [6.45, 7) is 2.49. The number of H-pyrrole nitrogens is 1. The lowest BCUT2D eigenvalue weighted by Gasteiger charge is -2.16. The Balaban J connectivity index is 2.00. The summed E-state index contributed by atoms with van der Waals surface area (Å²) in [5, 5.41) is 1.20. The molecule has 3 heteroatoms. The normalized spacial score (nSPS) is 12.7. The van der Waals surface area contributed by atoms with Crippen LogP contribution in [0.5, 0.6) is 0 Å². The van der Waals surface area contributed by atoms with Crippen LogP contribution in [0.4, 0.5) is 4.39 Å². The van der Waals surface area contributed by atoms with E-state index in [0.29, 0.717) is 12.1 Å². The van der Waals surface area contributed by atoms with Crippen molar-refractivity contribution in [2.24, 2.45) is 5.73 Å². The van der Waals surface area contributed by atoms with Crippen molar-refractivity contribution in [2.75, 3.05) is 6.54 Å². The standard InChI is InChI=1S/C18H19FN2/c1-12-16(15-7-3-5-9-18(15)21-12)10-13(11-20)14-6-2-4-8-17(14)19/h2-9,13,21H,10-11,20H2,1H3. The molecule has 0 spiro atoms. The van der Waals surface area contributed by atoms with E-state index in [0.717, 1.165) is 17.6 Å². The third kappa shape index (κ3) is 2.57. The molecule has 0 aliphatic heterocycles. The van der Waals surface area contributed by atoms with E-state index in [1.807, 2.05) is 24.3 Å².